The van der Waals surface area contributed by atoms with Crippen LogP contribution in [0.15, 0.2) is 66.7 Å². The molecule has 0 fully saturated rings. The van der Waals surface area contributed by atoms with Gasteiger partial charge in [-0.25, -0.2) is 8.78 Å². The summed E-state index contributed by atoms with van der Waals surface area (Å²) in [5.74, 6) is -1.21. The number of fused-ring (bicyclic) bond motifs is 1. The quantitative estimate of drug-likeness (QED) is 0.313. The smallest absolute Gasteiger partial charge is 0.256 e. The first-order valence-corrected chi connectivity index (χ1v) is 11.4. The van der Waals surface area contributed by atoms with Crippen LogP contribution in [0.5, 0.6) is 5.75 Å². The van der Waals surface area contributed by atoms with Crippen LogP contribution in [0.3, 0.4) is 0 Å². The summed E-state index contributed by atoms with van der Waals surface area (Å²) < 4.78 is 33.0. The van der Waals surface area contributed by atoms with Crippen LogP contribution in [-0.4, -0.2) is 22.4 Å². The molecule has 1 heterocycles. The number of hydrogen-bond acceptors (Lipinski definition) is 2. The van der Waals surface area contributed by atoms with Crippen molar-refractivity contribution in [2.75, 3.05) is 6.61 Å². The van der Waals surface area contributed by atoms with Crippen LogP contribution < -0.4 is 4.74 Å². The summed E-state index contributed by atoms with van der Waals surface area (Å²) in [6.07, 6.45) is 0. The van der Waals surface area contributed by atoms with Crippen LogP contribution >= 0.6 is 0 Å². The lowest BCUT2D eigenvalue weighted by molar-refractivity contribution is 0.0730. The van der Waals surface area contributed by atoms with Crippen LogP contribution in [0.2, 0.25) is 0 Å². The van der Waals surface area contributed by atoms with Gasteiger partial charge in [-0.1, -0.05) is 50.2 Å². The first-order valence-electron chi connectivity index (χ1n) is 11.4. The summed E-state index contributed by atoms with van der Waals surface area (Å²) in [5, 5.41) is 0.806. The molecule has 0 saturated heterocycles. The zero-order valence-electron chi connectivity index (χ0n) is 19.6. The number of amides is 1. The maximum Gasteiger partial charge on any atom is 0.256 e. The minimum Gasteiger partial charge on any atom is -0.494 e. The lowest BCUT2D eigenvalue weighted by Crippen LogP contribution is -2.31. The minimum atomic E-state index is -0.928. The molecule has 0 radical (unpaired) electrons. The van der Waals surface area contributed by atoms with Gasteiger partial charge >= 0.3 is 0 Å². The molecule has 0 atom stereocenters. The summed E-state index contributed by atoms with van der Waals surface area (Å²) in [4.78, 5) is 19.1. The van der Waals surface area contributed by atoms with Crippen molar-refractivity contribution in [3.63, 3.8) is 0 Å². The normalized spacial score (nSPS) is 11.2. The Morgan fingerprint density at radius 3 is 2.35 bits per heavy atom. The predicted octanol–water partition coefficient (Wildman–Crippen LogP) is 6.81. The van der Waals surface area contributed by atoms with Gasteiger partial charge in [-0.2, -0.15) is 0 Å². The Labute approximate surface area is 198 Å². The second-order valence-corrected chi connectivity index (χ2v) is 8.60. The second kappa shape index (κ2) is 10.1. The first kappa shape index (κ1) is 23.5. The van der Waals surface area contributed by atoms with Gasteiger partial charge in [0.2, 0.25) is 0 Å². The number of carbonyl (C=O) groups excluding carboxylic acids is 1. The fourth-order valence-corrected chi connectivity index (χ4v) is 4.14. The highest BCUT2D eigenvalue weighted by Crippen LogP contribution is 2.32. The fourth-order valence-electron chi connectivity index (χ4n) is 4.14. The number of H-pyrrole nitrogens is 1. The van der Waals surface area contributed by atoms with Crippen molar-refractivity contribution in [3.05, 3.63) is 101 Å². The van der Waals surface area contributed by atoms with Crippen molar-refractivity contribution in [3.8, 4) is 5.75 Å². The number of aromatic amines is 1. The minimum absolute atomic E-state index is 0.0729. The molecule has 0 bridgehead atoms. The van der Waals surface area contributed by atoms with Gasteiger partial charge in [0, 0.05) is 30.2 Å². The molecule has 1 aromatic heterocycles. The average Bonchev–Trinajstić information content (AvgIpc) is 3.20. The molecule has 1 amide bonds. The number of nitrogens with zero attached hydrogens (tertiary/aromatic N) is 1. The summed E-state index contributed by atoms with van der Waals surface area (Å²) in [7, 11) is 0. The van der Waals surface area contributed by atoms with E-state index in [-0.39, 0.29) is 18.4 Å². The van der Waals surface area contributed by atoms with E-state index in [2.05, 4.69) is 4.98 Å². The highest BCUT2D eigenvalue weighted by atomic mass is 19.2. The monoisotopic (exact) mass is 462 g/mol. The summed E-state index contributed by atoms with van der Waals surface area (Å²) in [5.41, 5.74) is 3.71. The Kier molecular flexibility index (Phi) is 6.96. The highest BCUT2D eigenvalue weighted by molar-refractivity contribution is 6.08. The first-order chi connectivity index (χ1) is 16.4. The topological polar surface area (TPSA) is 45.3 Å². The lowest BCUT2D eigenvalue weighted by Gasteiger charge is -2.24. The summed E-state index contributed by atoms with van der Waals surface area (Å²) >= 11 is 0. The molecular formula is C28H28F2N2O2. The largest absolute Gasteiger partial charge is 0.494 e. The molecule has 0 spiro atoms. The zero-order valence-corrected chi connectivity index (χ0v) is 19.6. The molecule has 0 aliphatic carbocycles. The van der Waals surface area contributed by atoms with Crippen LogP contribution in [0.4, 0.5) is 8.78 Å². The number of carbonyl (C=O) groups is 1. The Hall–Kier alpha value is -3.67. The van der Waals surface area contributed by atoms with Crippen molar-refractivity contribution in [1.82, 2.24) is 9.88 Å². The number of halogens is 2. The number of hydrogen-bond donors (Lipinski definition) is 1. The molecule has 4 nitrogen and oxygen atoms in total. The van der Waals surface area contributed by atoms with E-state index < -0.39 is 11.6 Å². The maximum atomic E-state index is 14.0. The van der Waals surface area contributed by atoms with E-state index >= 15 is 0 Å². The van der Waals surface area contributed by atoms with Gasteiger partial charge in [-0.05, 0) is 48.2 Å². The van der Waals surface area contributed by atoms with E-state index in [9.17, 15) is 13.6 Å². The number of ether oxygens (including phenoxy) is 1. The van der Waals surface area contributed by atoms with Gasteiger partial charge in [0.15, 0.2) is 11.6 Å². The Morgan fingerprint density at radius 1 is 0.941 bits per heavy atom. The summed E-state index contributed by atoms with van der Waals surface area (Å²) in [6.45, 7) is 7.01. The molecule has 1 N–H and O–H groups in total. The molecule has 176 valence electrons. The third-order valence-electron chi connectivity index (χ3n) is 5.76. The van der Waals surface area contributed by atoms with Gasteiger partial charge in [0.25, 0.3) is 5.91 Å². The van der Waals surface area contributed by atoms with Crippen LogP contribution in [0, 0.1) is 11.6 Å². The van der Waals surface area contributed by atoms with E-state index in [1.807, 2.05) is 69.3 Å². The van der Waals surface area contributed by atoms with Crippen LogP contribution in [-0.2, 0) is 13.1 Å². The van der Waals surface area contributed by atoms with E-state index in [1.54, 1.807) is 4.90 Å². The van der Waals surface area contributed by atoms with Gasteiger partial charge in [-0.3, -0.25) is 4.79 Å². The Morgan fingerprint density at radius 2 is 1.68 bits per heavy atom. The highest BCUT2D eigenvalue weighted by Gasteiger charge is 2.26. The average molecular weight is 463 g/mol. The van der Waals surface area contributed by atoms with Gasteiger partial charge in [0.1, 0.15) is 5.75 Å². The molecule has 0 aliphatic heterocycles. The van der Waals surface area contributed by atoms with Crippen molar-refractivity contribution >= 4 is 16.8 Å². The molecule has 3 aromatic carbocycles. The van der Waals surface area contributed by atoms with Crippen LogP contribution in [0.1, 0.15) is 53.9 Å². The SMILES string of the molecule is CCOc1ccc2c(C(=O)N(Cc3ccccc3)Cc3ccc(F)c(F)c3)c(C(C)C)[nH]c2c1. The molecule has 0 saturated carbocycles. The third kappa shape index (κ3) is 4.96. The Balaban J connectivity index is 1.78. The van der Waals surface area contributed by atoms with Gasteiger partial charge < -0.3 is 14.6 Å². The number of benzene rings is 3. The van der Waals surface area contributed by atoms with E-state index in [0.29, 0.717) is 24.3 Å². The standard InChI is InChI=1S/C28H28F2N2O2/c1-4-34-21-11-12-22-25(15-21)31-27(18(2)3)26(22)28(33)32(16-19-8-6-5-7-9-19)17-20-10-13-23(29)24(30)14-20/h5-15,18,31H,4,16-17H2,1-3H3. The lowest BCUT2D eigenvalue weighted by atomic mass is 10.0. The number of nitrogens with one attached hydrogen (secondary N) is 1. The van der Waals surface area contributed by atoms with Crippen molar-refractivity contribution in [2.24, 2.45) is 0 Å². The molecule has 4 aromatic rings. The predicted molar refractivity (Wildman–Crippen MR) is 130 cm³/mol. The van der Waals surface area contributed by atoms with Crippen molar-refractivity contribution < 1.29 is 18.3 Å². The third-order valence-corrected chi connectivity index (χ3v) is 5.76. The van der Waals surface area contributed by atoms with Crippen molar-refractivity contribution in [2.45, 2.75) is 39.8 Å². The number of aromatic nitrogens is 1. The number of rotatable bonds is 8. The molecule has 0 aliphatic rings. The molecular weight excluding hydrogens is 434 g/mol. The van der Waals surface area contributed by atoms with E-state index in [1.165, 1.54) is 6.07 Å². The van der Waals surface area contributed by atoms with Crippen molar-refractivity contribution in [1.29, 1.82) is 0 Å². The van der Waals surface area contributed by atoms with Crippen LogP contribution in [0.25, 0.3) is 10.9 Å². The van der Waals surface area contributed by atoms with Gasteiger partial charge in [0.05, 0.1) is 17.7 Å². The molecule has 34 heavy (non-hydrogen) atoms. The molecule has 4 rings (SSSR count). The van der Waals surface area contributed by atoms with E-state index in [4.69, 9.17) is 4.74 Å². The summed E-state index contributed by atoms with van der Waals surface area (Å²) in [6, 6.07) is 19.0. The maximum absolute atomic E-state index is 14.0. The fraction of sp³-hybridized carbons (Fsp3) is 0.250. The van der Waals surface area contributed by atoms with E-state index in [0.717, 1.165) is 40.0 Å². The molecule has 6 heteroatoms. The second-order valence-electron chi connectivity index (χ2n) is 8.60. The molecule has 0 unspecified atom stereocenters. The zero-order chi connectivity index (χ0) is 24.2. The van der Waals surface area contributed by atoms with Gasteiger partial charge in [-0.15, -0.1) is 0 Å². The Bertz CT molecular complexity index is 1300.